The van der Waals surface area contributed by atoms with Crippen molar-refractivity contribution in [2.24, 2.45) is 0 Å². The van der Waals surface area contributed by atoms with E-state index in [4.69, 9.17) is 0 Å². The first kappa shape index (κ1) is 17.2. The molecule has 3 nitrogen and oxygen atoms in total. The van der Waals surface area contributed by atoms with Gasteiger partial charge in [0, 0.05) is 15.9 Å². The lowest BCUT2D eigenvalue weighted by Crippen LogP contribution is -2.37. The van der Waals surface area contributed by atoms with E-state index in [-0.39, 0.29) is 11.9 Å². The number of benzene rings is 1. The van der Waals surface area contributed by atoms with Crippen molar-refractivity contribution in [1.29, 1.82) is 0 Å². The molecule has 22 heavy (non-hydrogen) atoms. The standard InChI is InChI=1S/C17H21BrN2OS/c1-3-20(4-2)15(16-10-7-11-22-16)12-19-17(21)13-8-5-6-9-14(13)18/h5-11,15H,3-4,12H2,1-2H3,(H,19,21). The second-order valence-electron chi connectivity index (χ2n) is 4.94. The zero-order chi connectivity index (χ0) is 15.9. The van der Waals surface area contributed by atoms with Crippen LogP contribution in [0.5, 0.6) is 0 Å². The first-order chi connectivity index (χ1) is 10.7. The molecule has 1 aromatic carbocycles. The summed E-state index contributed by atoms with van der Waals surface area (Å²) < 4.78 is 0.822. The number of thiophene rings is 1. The van der Waals surface area contributed by atoms with Crippen molar-refractivity contribution in [3.05, 3.63) is 56.7 Å². The highest BCUT2D eigenvalue weighted by Crippen LogP contribution is 2.24. The van der Waals surface area contributed by atoms with Crippen LogP contribution in [0.15, 0.2) is 46.3 Å². The Kier molecular flexibility index (Phi) is 6.61. The zero-order valence-electron chi connectivity index (χ0n) is 12.9. The predicted octanol–water partition coefficient (Wildman–Crippen LogP) is 4.32. The van der Waals surface area contributed by atoms with Gasteiger partial charge in [-0.25, -0.2) is 0 Å². The summed E-state index contributed by atoms with van der Waals surface area (Å²) >= 11 is 5.17. The molecule has 0 radical (unpaired) electrons. The summed E-state index contributed by atoms with van der Waals surface area (Å²) in [6.45, 7) is 6.84. The Labute approximate surface area is 144 Å². The van der Waals surface area contributed by atoms with Crippen molar-refractivity contribution in [3.8, 4) is 0 Å². The Morgan fingerprint density at radius 2 is 1.95 bits per heavy atom. The number of halogens is 1. The molecule has 0 fully saturated rings. The molecular formula is C17H21BrN2OS. The monoisotopic (exact) mass is 380 g/mol. The van der Waals surface area contributed by atoms with Crippen LogP contribution in [0.3, 0.4) is 0 Å². The van der Waals surface area contributed by atoms with Gasteiger partial charge in [0.2, 0.25) is 0 Å². The van der Waals surface area contributed by atoms with Crippen LogP contribution >= 0.6 is 27.3 Å². The van der Waals surface area contributed by atoms with Crippen molar-refractivity contribution >= 4 is 33.2 Å². The summed E-state index contributed by atoms with van der Waals surface area (Å²) in [6.07, 6.45) is 0. The Morgan fingerprint density at radius 3 is 2.55 bits per heavy atom. The van der Waals surface area contributed by atoms with E-state index in [1.54, 1.807) is 11.3 Å². The average molecular weight is 381 g/mol. The fourth-order valence-corrected chi connectivity index (χ4v) is 3.81. The Balaban J connectivity index is 2.08. The van der Waals surface area contributed by atoms with E-state index >= 15 is 0 Å². The summed E-state index contributed by atoms with van der Waals surface area (Å²) in [5.74, 6) is -0.0406. The lowest BCUT2D eigenvalue weighted by Gasteiger charge is -2.29. The van der Waals surface area contributed by atoms with E-state index in [9.17, 15) is 4.79 Å². The highest BCUT2D eigenvalue weighted by atomic mass is 79.9. The molecule has 1 aromatic heterocycles. The van der Waals surface area contributed by atoms with Crippen LogP contribution in [0.25, 0.3) is 0 Å². The molecule has 0 bridgehead atoms. The van der Waals surface area contributed by atoms with E-state index in [0.29, 0.717) is 12.1 Å². The van der Waals surface area contributed by atoms with Crippen LogP contribution in [0.2, 0.25) is 0 Å². The van der Waals surface area contributed by atoms with Gasteiger partial charge in [0.15, 0.2) is 0 Å². The van der Waals surface area contributed by atoms with E-state index in [0.717, 1.165) is 17.6 Å². The zero-order valence-corrected chi connectivity index (χ0v) is 15.3. The number of hydrogen-bond donors (Lipinski definition) is 1. The van der Waals surface area contributed by atoms with Crippen molar-refractivity contribution in [2.45, 2.75) is 19.9 Å². The second-order valence-corrected chi connectivity index (χ2v) is 6.78. The van der Waals surface area contributed by atoms with Crippen LogP contribution in [-0.2, 0) is 0 Å². The van der Waals surface area contributed by atoms with Gasteiger partial charge in [-0.2, -0.15) is 0 Å². The third-order valence-electron chi connectivity index (χ3n) is 3.70. The molecule has 0 saturated heterocycles. The maximum absolute atomic E-state index is 12.4. The van der Waals surface area contributed by atoms with Crippen molar-refractivity contribution in [2.75, 3.05) is 19.6 Å². The molecule has 2 aromatic rings. The molecule has 1 unspecified atom stereocenters. The number of hydrogen-bond acceptors (Lipinski definition) is 3. The van der Waals surface area contributed by atoms with Crippen LogP contribution in [0.4, 0.5) is 0 Å². The van der Waals surface area contributed by atoms with Gasteiger partial charge in [-0.15, -0.1) is 11.3 Å². The highest BCUT2D eigenvalue weighted by molar-refractivity contribution is 9.10. The maximum Gasteiger partial charge on any atom is 0.252 e. The van der Waals surface area contributed by atoms with E-state index in [1.807, 2.05) is 24.3 Å². The minimum atomic E-state index is -0.0406. The number of nitrogens with zero attached hydrogens (tertiary/aromatic N) is 1. The molecule has 0 aliphatic rings. The molecule has 118 valence electrons. The molecule has 5 heteroatoms. The molecule has 1 heterocycles. The summed E-state index contributed by atoms with van der Waals surface area (Å²) in [6, 6.07) is 11.9. The highest BCUT2D eigenvalue weighted by Gasteiger charge is 2.20. The van der Waals surface area contributed by atoms with Gasteiger partial charge in [0.25, 0.3) is 5.91 Å². The largest absolute Gasteiger partial charge is 0.350 e. The molecule has 1 atom stereocenters. The normalized spacial score (nSPS) is 12.4. The Bertz CT molecular complexity index is 596. The predicted molar refractivity (Wildman–Crippen MR) is 96.5 cm³/mol. The Hall–Kier alpha value is -1.17. The van der Waals surface area contributed by atoms with Gasteiger partial charge in [-0.3, -0.25) is 9.69 Å². The van der Waals surface area contributed by atoms with Gasteiger partial charge in [0.1, 0.15) is 0 Å². The molecule has 1 amide bonds. The summed E-state index contributed by atoms with van der Waals surface area (Å²) in [5, 5.41) is 5.16. The minimum Gasteiger partial charge on any atom is -0.350 e. The third kappa shape index (κ3) is 4.18. The van der Waals surface area contributed by atoms with E-state index in [1.165, 1.54) is 4.88 Å². The fraction of sp³-hybridized carbons (Fsp3) is 0.353. The fourth-order valence-electron chi connectivity index (χ4n) is 2.48. The topological polar surface area (TPSA) is 32.3 Å². The number of nitrogens with one attached hydrogen (secondary N) is 1. The van der Waals surface area contributed by atoms with Gasteiger partial charge < -0.3 is 5.32 Å². The molecular weight excluding hydrogens is 360 g/mol. The summed E-state index contributed by atoms with van der Waals surface area (Å²) in [5.41, 5.74) is 0.673. The van der Waals surface area contributed by atoms with Crippen molar-refractivity contribution in [1.82, 2.24) is 10.2 Å². The molecule has 1 N–H and O–H groups in total. The van der Waals surface area contributed by atoms with Crippen molar-refractivity contribution < 1.29 is 4.79 Å². The summed E-state index contributed by atoms with van der Waals surface area (Å²) in [7, 11) is 0. The number of amides is 1. The van der Waals surface area contributed by atoms with Gasteiger partial charge in [0.05, 0.1) is 11.6 Å². The van der Waals surface area contributed by atoms with Crippen LogP contribution in [0.1, 0.15) is 35.1 Å². The van der Waals surface area contributed by atoms with Crippen LogP contribution < -0.4 is 5.32 Å². The number of likely N-dealkylation sites (N-methyl/N-ethyl adjacent to an activating group) is 1. The van der Waals surface area contributed by atoms with E-state index in [2.05, 4.69) is 57.5 Å². The van der Waals surface area contributed by atoms with Gasteiger partial charge >= 0.3 is 0 Å². The quantitative estimate of drug-likeness (QED) is 0.775. The molecule has 0 aliphatic carbocycles. The smallest absolute Gasteiger partial charge is 0.252 e. The lowest BCUT2D eigenvalue weighted by molar-refractivity contribution is 0.0935. The number of carbonyl (C=O) groups excluding carboxylic acids is 1. The second kappa shape index (κ2) is 8.46. The van der Waals surface area contributed by atoms with Crippen molar-refractivity contribution in [3.63, 3.8) is 0 Å². The lowest BCUT2D eigenvalue weighted by atomic mass is 10.1. The first-order valence-electron chi connectivity index (χ1n) is 7.47. The SMILES string of the molecule is CCN(CC)C(CNC(=O)c1ccccc1Br)c1cccs1. The van der Waals surface area contributed by atoms with Gasteiger partial charge in [-0.05, 0) is 52.6 Å². The van der Waals surface area contributed by atoms with Crippen LogP contribution in [-0.4, -0.2) is 30.4 Å². The minimum absolute atomic E-state index is 0.0406. The average Bonchev–Trinajstić information content (AvgIpc) is 3.05. The third-order valence-corrected chi connectivity index (χ3v) is 5.36. The Morgan fingerprint density at radius 1 is 1.23 bits per heavy atom. The molecule has 0 spiro atoms. The van der Waals surface area contributed by atoms with Gasteiger partial charge in [-0.1, -0.05) is 32.0 Å². The number of carbonyl (C=O) groups is 1. The molecule has 0 saturated carbocycles. The first-order valence-corrected chi connectivity index (χ1v) is 9.14. The maximum atomic E-state index is 12.4. The molecule has 0 aliphatic heterocycles. The van der Waals surface area contributed by atoms with Crippen LogP contribution in [0, 0.1) is 0 Å². The molecule has 2 rings (SSSR count). The summed E-state index contributed by atoms with van der Waals surface area (Å²) in [4.78, 5) is 16.0. The number of rotatable bonds is 7. The van der Waals surface area contributed by atoms with E-state index < -0.39 is 0 Å².